The van der Waals surface area contributed by atoms with E-state index >= 15 is 0 Å². The van der Waals surface area contributed by atoms with Crippen LogP contribution in [0.25, 0.3) is 110 Å². The predicted molar refractivity (Wildman–Crippen MR) is 526 cm³/mol. The molecule has 0 fully saturated rings. The fourth-order valence-electron chi connectivity index (χ4n) is 13.1. The van der Waals surface area contributed by atoms with E-state index < -0.39 is 0 Å². The van der Waals surface area contributed by atoms with Crippen molar-refractivity contribution in [1.29, 1.82) is 0 Å². The number of methoxy groups -OCH3 is 2. The first-order valence-electron chi connectivity index (χ1n) is 42.4. The summed E-state index contributed by atoms with van der Waals surface area (Å²) in [6.45, 7) is 9.49. The summed E-state index contributed by atoms with van der Waals surface area (Å²) in [4.78, 5) is 116. The minimum Gasteiger partial charge on any atom is -0.483 e. The standard InChI is InChI=1S/2C19H19N7O2S.C19H18N6O2S.C17H15N7OS.C16H13N7OS.CH2O2/c1-12-13(9-21-24-12)19-23-16(11-29-19)18(27)22-15-10-26(7-8-28-2)25-17(15)14-5-3-4-6-20-14;1-2-28-8-7-26-11-15(17(25-26)14-5-3-4-6-20-14)23-18(27)16-12-29-19(24-16)13-9-21-22-10-13;1-27-7-6-25-11-13(18(24-25)15-4-2-3-5-20-15)8-17(26)16-12-28-19(23-16)14-9-21-22-10-14;1-10-11(7-19-22-10)17-21-14(9-26-17)16(25)20-13-8-24(2)23-15(13)12-5-3-4-6-18-12;1-23-8-12(14(22-23)11-4-2-3-5-17-11)20-15(24)13-9-25-16(21-13)10-6-18-19-7-10;2-1-3/h3-6,9-11H,7-8H2,1-2H3,(H,21,24)(H,22,27);3-6,9-12H,2,7-8H2,1H3,(H,21,22)(H,23,27);2-5,9-12H,6-8H2,1H3,(H,21,22);3-9H,1-2H3,(H,19,22)(H,20,25);2-9H,1H3,(H,18,19)(H,20,24);1H,(H,2,3). The number of hydrogen-bond acceptors (Lipinski definition) is 34. The molecular formula is C91H86N34O10S5. The number of ketones is 1. The third-order valence-electron chi connectivity index (χ3n) is 19.7. The maximum atomic E-state index is 12.8. The Morgan fingerprint density at radius 2 is 0.714 bits per heavy atom. The first-order chi connectivity index (χ1) is 68.4. The van der Waals surface area contributed by atoms with Gasteiger partial charge in [-0.05, 0) is 81.4 Å². The third kappa shape index (κ3) is 25.3. The number of carbonyl (C=O) groups is 6. The molecule has 0 saturated heterocycles. The Bertz CT molecular complexity index is 7390. The highest BCUT2D eigenvalue weighted by atomic mass is 32.1. The van der Waals surface area contributed by atoms with Gasteiger partial charge in [-0.2, -0.15) is 51.0 Å². The van der Waals surface area contributed by atoms with Crippen molar-refractivity contribution in [2.75, 3.05) is 61.9 Å². The van der Waals surface area contributed by atoms with Crippen LogP contribution in [-0.4, -0.2) is 231 Å². The molecule has 0 spiro atoms. The lowest BCUT2D eigenvalue weighted by Crippen LogP contribution is -2.12. The minimum absolute atomic E-state index is 0.0607. The van der Waals surface area contributed by atoms with Gasteiger partial charge in [0, 0.05) is 182 Å². The summed E-state index contributed by atoms with van der Waals surface area (Å²) in [6, 6.07) is 27.9. The summed E-state index contributed by atoms with van der Waals surface area (Å²) in [6.07, 6.45) is 31.3. The lowest BCUT2D eigenvalue weighted by atomic mass is 10.1. The molecule has 0 aromatic carbocycles. The van der Waals surface area contributed by atoms with Crippen LogP contribution in [0.2, 0.25) is 0 Å². The molecule has 0 bridgehead atoms. The van der Waals surface area contributed by atoms with Gasteiger partial charge in [0.1, 0.15) is 82.0 Å². The summed E-state index contributed by atoms with van der Waals surface area (Å²) >= 11 is 6.99. The van der Waals surface area contributed by atoms with Crippen LogP contribution in [0.15, 0.2) is 229 Å². The van der Waals surface area contributed by atoms with E-state index in [2.05, 4.69) is 148 Å². The number of aromatic amines is 5. The second-order valence-electron chi connectivity index (χ2n) is 29.5. The van der Waals surface area contributed by atoms with Crippen molar-refractivity contribution >= 4 is 115 Å². The molecule has 0 unspecified atom stereocenters. The number of nitrogens with one attached hydrogen (secondary N) is 9. The van der Waals surface area contributed by atoms with Gasteiger partial charge in [-0.15, -0.1) is 56.7 Å². The van der Waals surface area contributed by atoms with Gasteiger partial charge in [-0.3, -0.25) is 103 Å². The second kappa shape index (κ2) is 47.9. The molecule has 710 valence electrons. The smallest absolute Gasteiger partial charge is 0.290 e. The van der Waals surface area contributed by atoms with E-state index in [1.807, 2.05) is 118 Å². The summed E-state index contributed by atoms with van der Waals surface area (Å²) in [5.74, 6) is -1.26. The highest BCUT2D eigenvalue weighted by Gasteiger charge is 2.26. The van der Waals surface area contributed by atoms with Gasteiger partial charge < -0.3 is 40.6 Å². The SMILES string of the molecule is CCOCCn1cc(NC(=O)c2csc(-c3cn[nH]c3)n2)c(-c2ccccn2)n1.COCCn1cc(CC(=O)c2csc(-c3cn[nH]c3)n2)c(-c2ccccn2)n1.COCCn1cc(NC(=O)c2csc(-c3cn[nH]c3C)n2)c(-c2ccccn2)n1.Cc1[nH]ncc1-c1nc(C(=O)Nc2cn(C)nc2-c2ccccn2)cs1.Cn1cc(NC(=O)c2csc(-c3cn[nH]c3)n2)c(-c2ccccn2)n1.O=CO. The lowest BCUT2D eigenvalue weighted by Gasteiger charge is -2.03. The number of thiazole rings is 5. The van der Waals surface area contributed by atoms with Crippen LogP contribution in [0.5, 0.6) is 0 Å². The molecule has 20 aromatic rings. The molecule has 140 heavy (non-hydrogen) atoms. The van der Waals surface area contributed by atoms with E-state index in [1.165, 1.54) is 56.7 Å². The Labute approximate surface area is 815 Å². The summed E-state index contributed by atoms with van der Waals surface area (Å²) in [7, 11) is 6.87. The van der Waals surface area contributed by atoms with Crippen molar-refractivity contribution in [2.24, 2.45) is 14.1 Å². The topological polar surface area (TPSA) is 560 Å². The van der Waals surface area contributed by atoms with Gasteiger partial charge >= 0.3 is 0 Å². The molecule has 20 aromatic heterocycles. The number of hydrogen-bond donors (Lipinski definition) is 10. The molecule has 44 nitrogen and oxygen atoms in total. The number of amides is 4. The normalized spacial score (nSPS) is 10.8. The van der Waals surface area contributed by atoms with Crippen molar-refractivity contribution in [3.05, 3.63) is 275 Å². The van der Waals surface area contributed by atoms with Crippen LogP contribution in [0, 0.1) is 13.8 Å². The van der Waals surface area contributed by atoms with Crippen molar-refractivity contribution < 1.29 is 48.1 Å². The number of carboxylic acid groups (broad SMARTS) is 1. The number of aryl methyl sites for hydroxylation is 4. The van der Waals surface area contributed by atoms with Crippen LogP contribution in [0.3, 0.4) is 0 Å². The highest BCUT2D eigenvalue weighted by Crippen LogP contribution is 2.35. The number of ether oxygens (including phenoxy) is 3. The number of pyridine rings is 5. The Balaban J connectivity index is 0.000000131. The third-order valence-corrected chi connectivity index (χ3v) is 24.1. The quantitative estimate of drug-likeness (QED) is 0.0110. The Hall–Kier alpha value is -17.1. The molecule has 0 aliphatic rings. The van der Waals surface area contributed by atoms with Gasteiger partial charge in [0.25, 0.3) is 30.1 Å². The molecule has 0 radical (unpaired) electrons. The zero-order valence-electron chi connectivity index (χ0n) is 75.5. The minimum atomic E-state index is -0.308. The fourth-order valence-corrected chi connectivity index (χ4v) is 17.2. The first-order valence-corrected chi connectivity index (χ1v) is 46.8. The monoisotopic (exact) mass is 1970 g/mol. The largest absolute Gasteiger partial charge is 0.483 e. The molecule has 4 amide bonds. The molecule has 0 aliphatic carbocycles. The van der Waals surface area contributed by atoms with Gasteiger partial charge in [0.15, 0.2) is 5.78 Å². The van der Waals surface area contributed by atoms with E-state index in [0.29, 0.717) is 149 Å². The molecule has 0 saturated carbocycles. The maximum absolute atomic E-state index is 12.8. The highest BCUT2D eigenvalue weighted by molar-refractivity contribution is 7.14. The summed E-state index contributed by atoms with van der Waals surface area (Å²) in [5.41, 5.74) is 17.7. The number of carbonyl (C=O) groups excluding carboxylic acids is 5. The molecule has 20 heterocycles. The number of H-pyrrole nitrogens is 5. The van der Waals surface area contributed by atoms with Crippen molar-refractivity contribution in [2.45, 2.75) is 46.8 Å². The number of aromatic nitrogens is 30. The van der Waals surface area contributed by atoms with Crippen LogP contribution in [0.4, 0.5) is 22.7 Å². The Morgan fingerprint density at radius 3 is 1.04 bits per heavy atom. The van der Waals surface area contributed by atoms with Crippen molar-refractivity contribution in [3.63, 3.8) is 0 Å². The van der Waals surface area contributed by atoms with Crippen molar-refractivity contribution in [3.8, 4) is 110 Å². The first kappa shape index (κ1) is 97.4. The van der Waals surface area contributed by atoms with E-state index in [1.54, 1.807) is 184 Å². The van der Waals surface area contributed by atoms with Crippen molar-refractivity contribution in [1.82, 2.24) is 150 Å². The van der Waals surface area contributed by atoms with Crippen LogP contribution < -0.4 is 21.3 Å². The molecule has 10 N–H and O–H groups in total. The second-order valence-corrected chi connectivity index (χ2v) is 33.7. The Morgan fingerprint density at radius 1 is 0.400 bits per heavy atom. The molecule has 20 rings (SSSR count). The number of rotatable bonds is 31. The molecular weight excluding hydrogens is 1890 g/mol. The summed E-state index contributed by atoms with van der Waals surface area (Å²) in [5, 5.41) is 87.0. The molecule has 0 aliphatic heterocycles. The average molecular weight is 1980 g/mol. The Kier molecular flexibility index (Phi) is 33.3. The molecule has 0 atom stereocenters. The fraction of sp³-hybridized carbons (Fsp3) is 0.165. The van der Waals surface area contributed by atoms with E-state index in [-0.39, 0.29) is 42.3 Å². The molecule has 49 heteroatoms. The van der Waals surface area contributed by atoms with Crippen LogP contribution >= 0.6 is 56.7 Å². The zero-order valence-corrected chi connectivity index (χ0v) is 79.6. The maximum Gasteiger partial charge on any atom is 0.290 e. The van der Waals surface area contributed by atoms with E-state index in [9.17, 15) is 24.0 Å². The van der Waals surface area contributed by atoms with Gasteiger partial charge in [-0.25, -0.2) is 24.9 Å². The number of nitrogens with zero attached hydrogens (tertiary/aromatic N) is 25. The average Bonchev–Trinajstić information content (AvgIpc) is 1.68. The van der Waals surface area contributed by atoms with Crippen LogP contribution in [-0.2, 0) is 59.2 Å². The van der Waals surface area contributed by atoms with Gasteiger partial charge in [0.2, 0.25) is 0 Å². The predicted octanol–water partition coefficient (Wildman–Crippen LogP) is 14.1. The lowest BCUT2D eigenvalue weighted by molar-refractivity contribution is -0.122. The summed E-state index contributed by atoms with van der Waals surface area (Å²) < 4.78 is 24.2. The van der Waals surface area contributed by atoms with Gasteiger partial charge in [-0.1, -0.05) is 30.3 Å². The number of anilines is 4. The van der Waals surface area contributed by atoms with Crippen LogP contribution in [0.1, 0.15) is 76.3 Å². The van der Waals surface area contributed by atoms with Gasteiger partial charge in [0.05, 0.1) is 133 Å². The van der Waals surface area contributed by atoms with E-state index in [4.69, 9.17) is 24.1 Å². The zero-order chi connectivity index (χ0) is 97.6. The number of Topliss-reactive ketones (excluding diaryl/α,β-unsaturated/α-hetero) is 1. The van der Waals surface area contributed by atoms with E-state index in [0.717, 1.165) is 75.5 Å².